The summed E-state index contributed by atoms with van der Waals surface area (Å²) in [5.74, 6) is 0.572. The molecule has 0 saturated carbocycles. The van der Waals surface area contributed by atoms with E-state index in [0.29, 0.717) is 30.1 Å². The predicted octanol–water partition coefficient (Wildman–Crippen LogP) is 7.00. The van der Waals surface area contributed by atoms with Crippen molar-refractivity contribution in [1.82, 2.24) is 24.9 Å². The maximum Gasteiger partial charge on any atom is 0.0264 e. The number of benzene rings is 4. The number of hydrogen-bond acceptors (Lipinski definition) is 5. The fraction of sp³-hybridized carbons (Fsp3) is 0.478. The van der Waals surface area contributed by atoms with Crippen LogP contribution in [0.5, 0.6) is 0 Å². The summed E-state index contributed by atoms with van der Waals surface area (Å²) in [6.45, 7) is 13.9. The lowest BCUT2D eigenvalue weighted by Crippen LogP contribution is -2.60. The average molecular weight is 684 g/mol. The molecule has 270 valence electrons. The lowest BCUT2D eigenvalue weighted by atomic mass is 9.95. The lowest BCUT2D eigenvalue weighted by molar-refractivity contribution is 0.0283. The molecule has 4 aromatic rings. The second-order valence-electron chi connectivity index (χ2n) is 15.7. The van der Waals surface area contributed by atoms with Crippen molar-refractivity contribution in [2.75, 3.05) is 65.4 Å². The van der Waals surface area contributed by atoms with Gasteiger partial charge in [-0.05, 0) is 79.8 Å². The van der Waals surface area contributed by atoms with Crippen LogP contribution < -0.4 is 5.32 Å². The van der Waals surface area contributed by atoms with Crippen LogP contribution in [0.25, 0.3) is 0 Å². The highest BCUT2D eigenvalue weighted by Crippen LogP contribution is 2.27. The Bertz CT molecular complexity index is 1550. The van der Waals surface area contributed by atoms with E-state index in [1.54, 1.807) is 0 Å². The number of likely N-dealkylation sites (tertiary alicyclic amines) is 1. The third-order valence-electron chi connectivity index (χ3n) is 12.2. The highest BCUT2D eigenvalue weighted by Gasteiger charge is 2.36. The first kappa shape index (κ1) is 36.1. The smallest absolute Gasteiger partial charge is 0.0264 e. The van der Waals surface area contributed by atoms with Crippen LogP contribution in [0, 0.1) is 0 Å². The molecule has 0 bridgehead atoms. The fourth-order valence-corrected chi connectivity index (χ4v) is 9.14. The van der Waals surface area contributed by atoms with Gasteiger partial charge >= 0.3 is 0 Å². The van der Waals surface area contributed by atoms with Gasteiger partial charge in [-0.2, -0.15) is 0 Å². The quantitative estimate of drug-likeness (QED) is 0.146. The number of piperazine rings is 2. The van der Waals surface area contributed by atoms with Crippen molar-refractivity contribution in [1.29, 1.82) is 0 Å². The van der Waals surface area contributed by atoms with E-state index in [0.717, 1.165) is 71.6 Å². The summed E-state index contributed by atoms with van der Waals surface area (Å²) in [6, 6.07) is 47.1. The van der Waals surface area contributed by atoms with Crippen LogP contribution in [0.2, 0.25) is 0 Å². The Labute approximate surface area is 308 Å². The van der Waals surface area contributed by atoms with Crippen molar-refractivity contribution >= 4 is 0 Å². The molecule has 7 rings (SSSR count). The zero-order valence-corrected chi connectivity index (χ0v) is 31.0. The molecule has 51 heavy (non-hydrogen) atoms. The molecule has 0 amide bonds. The summed E-state index contributed by atoms with van der Waals surface area (Å²) in [6.07, 6.45) is 7.22. The first-order valence-electron chi connectivity index (χ1n) is 20.0. The maximum atomic E-state index is 3.71. The molecule has 3 saturated heterocycles. The van der Waals surface area contributed by atoms with E-state index in [1.165, 1.54) is 54.6 Å². The van der Waals surface area contributed by atoms with Crippen LogP contribution in [-0.4, -0.2) is 109 Å². The first-order chi connectivity index (χ1) is 25.2. The second-order valence-corrected chi connectivity index (χ2v) is 15.7. The van der Waals surface area contributed by atoms with Crippen molar-refractivity contribution in [2.24, 2.45) is 0 Å². The molecule has 1 N–H and O–H groups in total. The van der Waals surface area contributed by atoms with Gasteiger partial charge in [-0.1, -0.05) is 128 Å². The van der Waals surface area contributed by atoms with Crippen molar-refractivity contribution in [2.45, 2.75) is 75.5 Å². The SMILES string of the molecule is CC(CCN1CCN([C@@H](Cc2ccccc2)CN2CCCC2CN2CCNC[C@@H]2Cc2ccccc2)C[C@@H]1Cc1ccccc1)c1ccccc1. The molecule has 0 aliphatic carbocycles. The predicted molar refractivity (Wildman–Crippen MR) is 213 cm³/mol. The molecule has 5 atom stereocenters. The highest BCUT2D eigenvalue weighted by molar-refractivity contribution is 5.20. The van der Waals surface area contributed by atoms with E-state index in [4.69, 9.17) is 0 Å². The topological polar surface area (TPSA) is 25.0 Å². The Morgan fingerprint density at radius 1 is 0.627 bits per heavy atom. The van der Waals surface area contributed by atoms with Crippen LogP contribution in [0.15, 0.2) is 121 Å². The van der Waals surface area contributed by atoms with Crippen molar-refractivity contribution in [3.05, 3.63) is 144 Å². The summed E-state index contributed by atoms with van der Waals surface area (Å²) in [5.41, 5.74) is 5.86. The number of hydrogen-bond donors (Lipinski definition) is 1. The van der Waals surface area contributed by atoms with Crippen LogP contribution >= 0.6 is 0 Å². The van der Waals surface area contributed by atoms with E-state index < -0.39 is 0 Å². The zero-order chi connectivity index (χ0) is 34.7. The van der Waals surface area contributed by atoms with Gasteiger partial charge in [-0.15, -0.1) is 0 Å². The summed E-state index contributed by atoms with van der Waals surface area (Å²) in [4.78, 5) is 11.5. The Morgan fingerprint density at radius 2 is 1.25 bits per heavy atom. The average Bonchev–Trinajstić information content (AvgIpc) is 3.62. The standard InChI is InChI=1S/C46H61N5/c1-38(42-21-12-5-13-22-42)24-27-48-29-30-51(36-45(48)32-40-17-8-3-9-18-40)46(33-41-19-10-4-11-20-41)37-49-26-14-23-43(49)35-50-28-25-47-34-44(50)31-39-15-6-2-7-16-39/h2-13,15-22,38,43-47H,14,23-37H2,1H3/t38?,43?,44-,45-,46-/m0/s1. The van der Waals surface area contributed by atoms with Gasteiger partial charge in [0.25, 0.3) is 0 Å². The van der Waals surface area contributed by atoms with E-state index in [9.17, 15) is 0 Å². The van der Waals surface area contributed by atoms with Gasteiger partial charge in [0.05, 0.1) is 0 Å². The molecular weight excluding hydrogens is 623 g/mol. The van der Waals surface area contributed by atoms with Gasteiger partial charge in [-0.3, -0.25) is 19.6 Å². The van der Waals surface area contributed by atoms with Crippen LogP contribution in [0.1, 0.15) is 54.4 Å². The molecule has 3 heterocycles. The van der Waals surface area contributed by atoms with E-state index in [1.807, 2.05) is 0 Å². The largest absolute Gasteiger partial charge is 0.314 e. The highest BCUT2D eigenvalue weighted by atomic mass is 15.3. The lowest BCUT2D eigenvalue weighted by Gasteiger charge is -2.46. The number of nitrogens with one attached hydrogen (secondary N) is 1. The molecular formula is C46H61N5. The van der Waals surface area contributed by atoms with Crippen molar-refractivity contribution < 1.29 is 0 Å². The van der Waals surface area contributed by atoms with Crippen molar-refractivity contribution in [3.63, 3.8) is 0 Å². The summed E-state index contributed by atoms with van der Waals surface area (Å²) in [5, 5.41) is 3.71. The van der Waals surface area contributed by atoms with Crippen LogP contribution in [0.4, 0.5) is 0 Å². The van der Waals surface area contributed by atoms with E-state index in [2.05, 4.69) is 153 Å². The number of nitrogens with zero attached hydrogens (tertiary/aromatic N) is 4. The van der Waals surface area contributed by atoms with Gasteiger partial charge < -0.3 is 5.32 Å². The third-order valence-corrected chi connectivity index (χ3v) is 12.2. The molecule has 0 aromatic heterocycles. The molecule has 5 nitrogen and oxygen atoms in total. The van der Waals surface area contributed by atoms with E-state index in [-0.39, 0.29) is 0 Å². The van der Waals surface area contributed by atoms with Crippen LogP contribution in [-0.2, 0) is 19.3 Å². The van der Waals surface area contributed by atoms with E-state index >= 15 is 0 Å². The van der Waals surface area contributed by atoms with Crippen LogP contribution in [0.3, 0.4) is 0 Å². The van der Waals surface area contributed by atoms with Crippen molar-refractivity contribution in [3.8, 4) is 0 Å². The summed E-state index contributed by atoms with van der Waals surface area (Å²) < 4.78 is 0. The monoisotopic (exact) mass is 683 g/mol. The molecule has 0 radical (unpaired) electrons. The molecule has 4 aromatic carbocycles. The number of rotatable bonds is 15. The second kappa shape index (κ2) is 18.4. The Kier molecular flexibility index (Phi) is 13.0. The van der Waals surface area contributed by atoms with Gasteiger partial charge in [0.15, 0.2) is 0 Å². The Balaban J connectivity index is 1.05. The van der Waals surface area contributed by atoms with Gasteiger partial charge in [0.2, 0.25) is 0 Å². The summed E-state index contributed by atoms with van der Waals surface area (Å²) >= 11 is 0. The zero-order valence-electron chi connectivity index (χ0n) is 31.0. The van der Waals surface area contributed by atoms with Gasteiger partial charge in [0, 0.05) is 76.5 Å². The van der Waals surface area contributed by atoms with Gasteiger partial charge in [-0.25, -0.2) is 0 Å². The van der Waals surface area contributed by atoms with Gasteiger partial charge in [0.1, 0.15) is 0 Å². The minimum atomic E-state index is 0.514. The minimum Gasteiger partial charge on any atom is -0.314 e. The molecule has 3 fully saturated rings. The summed E-state index contributed by atoms with van der Waals surface area (Å²) in [7, 11) is 0. The fourth-order valence-electron chi connectivity index (χ4n) is 9.14. The maximum absolute atomic E-state index is 3.71. The normalized spacial score (nSPS) is 23.7. The first-order valence-corrected chi connectivity index (χ1v) is 20.0. The molecule has 2 unspecified atom stereocenters. The Hall–Kier alpha value is -3.32. The third kappa shape index (κ3) is 10.2. The molecule has 3 aliphatic rings. The molecule has 3 aliphatic heterocycles. The Morgan fingerprint density at radius 3 is 1.94 bits per heavy atom. The molecule has 5 heteroatoms. The minimum absolute atomic E-state index is 0.514. The molecule has 0 spiro atoms.